The normalized spacial score (nSPS) is 13.0. The summed E-state index contributed by atoms with van der Waals surface area (Å²) in [7, 11) is -3.77. The van der Waals surface area contributed by atoms with Crippen molar-refractivity contribution in [1.82, 2.24) is 10.0 Å². The Morgan fingerprint density at radius 2 is 1.41 bits per heavy atom. The summed E-state index contributed by atoms with van der Waals surface area (Å²) >= 11 is 0. The van der Waals surface area contributed by atoms with E-state index in [2.05, 4.69) is 15.4 Å². The Kier molecular flexibility index (Phi) is 8.01. The van der Waals surface area contributed by atoms with Gasteiger partial charge in [-0.1, -0.05) is 79.7 Å². The SMILES string of the molecule is CCC(C)NS(=O)(=O)c1cccc2c(NC(=O)C(NC(=O)c3ccccc3)c3ccccc3)cccc12. The maximum Gasteiger partial charge on any atom is 0.252 e. The Morgan fingerprint density at radius 3 is 2.08 bits per heavy atom. The fraction of sp³-hybridized carbons (Fsp3) is 0.172. The maximum absolute atomic E-state index is 13.5. The third-order valence-electron chi connectivity index (χ3n) is 6.10. The molecule has 4 aromatic rings. The van der Waals surface area contributed by atoms with Gasteiger partial charge in [0.15, 0.2) is 0 Å². The summed E-state index contributed by atoms with van der Waals surface area (Å²) in [6, 6.07) is 26.5. The van der Waals surface area contributed by atoms with Crippen LogP contribution in [-0.2, 0) is 14.8 Å². The summed E-state index contributed by atoms with van der Waals surface area (Å²) in [4.78, 5) is 26.6. The molecule has 0 aromatic heterocycles. The molecule has 8 heteroatoms. The van der Waals surface area contributed by atoms with Crippen LogP contribution in [0, 0.1) is 0 Å². The lowest BCUT2D eigenvalue weighted by molar-refractivity contribution is -0.118. The highest BCUT2D eigenvalue weighted by atomic mass is 32.2. The van der Waals surface area contributed by atoms with E-state index in [9.17, 15) is 18.0 Å². The summed E-state index contributed by atoms with van der Waals surface area (Å²) in [6.45, 7) is 3.71. The number of benzene rings is 4. The number of sulfonamides is 1. The lowest BCUT2D eigenvalue weighted by Crippen LogP contribution is -2.37. The van der Waals surface area contributed by atoms with Crippen molar-refractivity contribution >= 4 is 38.3 Å². The number of amides is 2. The molecule has 0 spiro atoms. The molecule has 3 N–H and O–H groups in total. The summed E-state index contributed by atoms with van der Waals surface area (Å²) in [6.07, 6.45) is 0.654. The Bertz CT molecular complexity index is 1510. The molecule has 2 amide bonds. The largest absolute Gasteiger partial charge is 0.336 e. The molecule has 7 nitrogen and oxygen atoms in total. The Hall–Kier alpha value is -4.01. The molecule has 0 saturated carbocycles. The van der Waals surface area contributed by atoms with E-state index in [1.54, 1.807) is 84.9 Å². The summed E-state index contributed by atoms with van der Waals surface area (Å²) < 4.78 is 28.8. The minimum absolute atomic E-state index is 0.137. The number of carbonyl (C=O) groups is 2. The van der Waals surface area contributed by atoms with Crippen molar-refractivity contribution in [2.24, 2.45) is 0 Å². The fourth-order valence-electron chi connectivity index (χ4n) is 3.99. The quantitative estimate of drug-likeness (QED) is 0.291. The molecule has 2 unspecified atom stereocenters. The smallest absolute Gasteiger partial charge is 0.252 e. The molecule has 0 fully saturated rings. The van der Waals surface area contributed by atoms with Gasteiger partial charge in [0.05, 0.1) is 4.90 Å². The number of hydrogen-bond acceptors (Lipinski definition) is 4. The van der Waals surface area contributed by atoms with Gasteiger partial charge in [-0.05, 0) is 43.2 Å². The van der Waals surface area contributed by atoms with Crippen molar-refractivity contribution in [3.8, 4) is 0 Å². The van der Waals surface area contributed by atoms with Crippen LogP contribution in [0.3, 0.4) is 0 Å². The van der Waals surface area contributed by atoms with Crippen LogP contribution < -0.4 is 15.4 Å². The molecule has 0 aliphatic carbocycles. The number of carbonyl (C=O) groups excluding carboxylic acids is 2. The number of anilines is 1. The first kappa shape index (κ1) is 26.1. The van der Waals surface area contributed by atoms with Crippen LogP contribution >= 0.6 is 0 Å². The van der Waals surface area contributed by atoms with Crippen LogP contribution in [0.1, 0.15) is 42.2 Å². The predicted molar refractivity (Wildman–Crippen MR) is 146 cm³/mol. The molecule has 0 saturated heterocycles. The lowest BCUT2D eigenvalue weighted by atomic mass is 10.0. The van der Waals surface area contributed by atoms with Gasteiger partial charge in [-0.2, -0.15) is 0 Å². The standard InChI is InChI=1S/C29H29N3O4S/c1-3-20(2)32-37(35,36)26-19-11-16-23-24(26)17-10-18-25(23)30-29(34)27(21-12-6-4-7-13-21)31-28(33)22-14-8-5-9-15-22/h4-20,27,32H,3H2,1-2H3,(H,30,34)(H,31,33). The molecule has 0 bridgehead atoms. The summed E-state index contributed by atoms with van der Waals surface area (Å²) in [5, 5.41) is 6.79. The monoisotopic (exact) mass is 515 g/mol. The van der Waals surface area contributed by atoms with E-state index in [0.29, 0.717) is 34.0 Å². The van der Waals surface area contributed by atoms with Gasteiger partial charge in [0.1, 0.15) is 6.04 Å². The van der Waals surface area contributed by atoms with Crippen LogP contribution in [0.2, 0.25) is 0 Å². The van der Waals surface area contributed by atoms with Crippen molar-refractivity contribution in [2.45, 2.75) is 37.2 Å². The molecular formula is C29H29N3O4S. The maximum atomic E-state index is 13.5. The van der Waals surface area contributed by atoms with E-state index in [1.165, 1.54) is 0 Å². The second-order valence-corrected chi connectivity index (χ2v) is 10.4. The van der Waals surface area contributed by atoms with Crippen LogP contribution in [0.15, 0.2) is 102 Å². The van der Waals surface area contributed by atoms with E-state index in [1.807, 2.05) is 26.0 Å². The second kappa shape index (κ2) is 11.4. The zero-order valence-corrected chi connectivity index (χ0v) is 21.5. The highest BCUT2D eigenvalue weighted by Crippen LogP contribution is 2.30. The van der Waals surface area contributed by atoms with E-state index < -0.39 is 22.0 Å². The molecule has 37 heavy (non-hydrogen) atoms. The third kappa shape index (κ3) is 6.04. The van der Waals surface area contributed by atoms with Crippen LogP contribution in [0.4, 0.5) is 5.69 Å². The Balaban J connectivity index is 1.68. The van der Waals surface area contributed by atoms with Crippen molar-refractivity contribution in [3.63, 3.8) is 0 Å². The Morgan fingerprint density at radius 1 is 0.784 bits per heavy atom. The molecule has 0 radical (unpaired) electrons. The average molecular weight is 516 g/mol. The minimum Gasteiger partial charge on any atom is -0.336 e. The number of hydrogen-bond donors (Lipinski definition) is 3. The van der Waals surface area contributed by atoms with Crippen LogP contribution in [0.5, 0.6) is 0 Å². The zero-order valence-electron chi connectivity index (χ0n) is 20.6. The summed E-state index contributed by atoms with van der Waals surface area (Å²) in [5.74, 6) is -0.832. The van der Waals surface area contributed by atoms with Crippen molar-refractivity contribution in [2.75, 3.05) is 5.32 Å². The molecule has 2 atom stereocenters. The topological polar surface area (TPSA) is 104 Å². The first-order valence-corrected chi connectivity index (χ1v) is 13.5. The van der Waals surface area contributed by atoms with Gasteiger partial charge in [0.25, 0.3) is 11.8 Å². The van der Waals surface area contributed by atoms with Gasteiger partial charge in [-0.25, -0.2) is 13.1 Å². The number of rotatable bonds is 9. The number of fused-ring (bicyclic) bond motifs is 1. The van der Waals surface area contributed by atoms with E-state index in [0.717, 1.165) is 0 Å². The van der Waals surface area contributed by atoms with E-state index in [-0.39, 0.29) is 16.8 Å². The first-order chi connectivity index (χ1) is 17.8. The molecule has 190 valence electrons. The van der Waals surface area contributed by atoms with Gasteiger partial charge >= 0.3 is 0 Å². The van der Waals surface area contributed by atoms with Gasteiger partial charge in [0.2, 0.25) is 10.0 Å². The molecule has 0 heterocycles. The third-order valence-corrected chi connectivity index (χ3v) is 7.75. The fourth-order valence-corrected chi connectivity index (χ4v) is 5.54. The second-order valence-electron chi connectivity index (χ2n) is 8.76. The van der Waals surface area contributed by atoms with Gasteiger partial charge < -0.3 is 10.6 Å². The van der Waals surface area contributed by atoms with Crippen molar-refractivity contribution < 1.29 is 18.0 Å². The van der Waals surface area contributed by atoms with Crippen LogP contribution in [-0.4, -0.2) is 26.3 Å². The van der Waals surface area contributed by atoms with E-state index in [4.69, 9.17) is 0 Å². The first-order valence-electron chi connectivity index (χ1n) is 12.1. The zero-order chi connectivity index (χ0) is 26.4. The molecule has 4 aromatic carbocycles. The molecule has 4 rings (SSSR count). The van der Waals surface area contributed by atoms with Gasteiger partial charge in [0, 0.05) is 28.1 Å². The van der Waals surface area contributed by atoms with Crippen LogP contribution in [0.25, 0.3) is 10.8 Å². The van der Waals surface area contributed by atoms with Crippen molar-refractivity contribution in [1.29, 1.82) is 0 Å². The molecule has 0 aliphatic rings. The molecule has 0 aliphatic heterocycles. The molecular weight excluding hydrogens is 486 g/mol. The lowest BCUT2D eigenvalue weighted by Gasteiger charge is -2.20. The highest BCUT2D eigenvalue weighted by Gasteiger charge is 2.25. The number of nitrogens with one attached hydrogen (secondary N) is 3. The Labute approximate surface area is 217 Å². The van der Waals surface area contributed by atoms with Crippen molar-refractivity contribution in [3.05, 3.63) is 108 Å². The van der Waals surface area contributed by atoms with Gasteiger partial charge in [-0.15, -0.1) is 0 Å². The van der Waals surface area contributed by atoms with Gasteiger partial charge in [-0.3, -0.25) is 9.59 Å². The summed E-state index contributed by atoms with van der Waals surface area (Å²) in [5.41, 5.74) is 1.49. The predicted octanol–water partition coefficient (Wildman–Crippen LogP) is 5.03. The highest BCUT2D eigenvalue weighted by molar-refractivity contribution is 7.89. The van der Waals surface area contributed by atoms with E-state index >= 15 is 0 Å². The minimum atomic E-state index is -3.77. The average Bonchev–Trinajstić information content (AvgIpc) is 2.92.